The highest BCUT2D eigenvalue weighted by molar-refractivity contribution is 5.16. The van der Waals surface area contributed by atoms with Gasteiger partial charge in [-0.05, 0) is 13.0 Å². The number of nitrogens with one attached hydrogen (secondary N) is 1. The number of H-pyrrole nitrogens is 1. The van der Waals surface area contributed by atoms with Crippen LogP contribution in [0.3, 0.4) is 0 Å². The van der Waals surface area contributed by atoms with Gasteiger partial charge in [0.15, 0.2) is 6.23 Å². The third-order valence-corrected chi connectivity index (χ3v) is 2.94. The van der Waals surface area contributed by atoms with Gasteiger partial charge in [-0.3, -0.25) is 14.3 Å². The van der Waals surface area contributed by atoms with E-state index in [0.717, 1.165) is 10.6 Å². The smallest absolute Gasteiger partial charge is 0.330 e. The third kappa shape index (κ3) is 2.21. The molecular weight excluding hydrogens is 256 g/mol. The molecular formula is C11H14N2O6. The van der Waals surface area contributed by atoms with E-state index >= 15 is 0 Å². The van der Waals surface area contributed by atoms with Crippen molar-refractivity contribution in [3.63, 3.8) is 0 Å². The van der Waals surface area contributed by atoms with Crippen molar-refractivity contribution in [2.24, 2.45) is 0 Å². The molecule has 8 nitrogen and oxygen atoms in total. The molecule has 0 fully saturated rings. The first-order valence-electron chi connectivity index (χ1n) is 5.56. The summed E-state index contributed by atoms with van der Waals surface area (Å²) in [4.78, 5) is 25.0. The molecule has 0 saturated heterocycles. The fourth-order valence-corrected chi connectivity index (χ4v) is 1.83. The predicted octanol–water partition coefficient (Wildman–Crippen LogP) is -1.46. The van der Waals surface area contributed by atoms with Crippen LogP contribution in [0.4, 0.5) is 0 Å². The van der Waals surface area contributed by atoms with E-state index in [4.69, 9.17) is 4.74 Å². The summed E-state index contributed by atoms with van der Waals surface area (Å²) in [5, 5.41) is 28.1. The Morgan fingerprint density at radius 1 is 1.42 bits per heavy atom. The second-order valence-electron chi connectivity index (χ2n) is 4.40. The molecule has 1 aliphatic rings. The normalized spacial score (nSPS) is 21.4. The summed E-state index contributed by atoms with van der Waals surface area (Å²) in [7, 11) is 0. The quantitative estimate of drug-likeness (QED) is 0.532. The van der Waals surface area contributed by atoms with E-state index in [1.165, 1.54) is 13.1 Å². The van der Waals surface area contributed by atoms with Gasteiger partial charge in [0.05, 0.1) is 13.2 Å². The van der Waals surface area contributed by atoms with Crippen LogP contribution in [0.25, 0.3) is 0 Å². The molecule has 1 atom stereocenters. The summed E-state index contributed by atoms with van der Waals surface area (Å²) in [6.07, 6.45) is 1.19. The fourth-order valence-electron chi connectivity index (χ4n) is 1.83. The SMILES string of the molecule is Cc1cn([C@@H]2OC(CO)(CO)C=C2O)c(=O)[nH]c1=O. The first-order chi connectivity index (χ1) is 8.92. The van der Waals surface area contributed by atoms with Crippen molar-refractivity contribution < 1.29 is 20.1 Å². The molecule has 1 aromatic heterocycles. The van der Waals surface area contributed by atoms with Gasteiger partial charge in [-0.25, -0.2) is 4.79 Å². The van der Waals surface area contributed by atoms with E-state index in [-0.39, 0.29) is 11.3 Å². The standard InChI is InChI=1S/C11H14N2O6/c1-6-3-13(10(18)12-8(6)17)9-7(16)2-11(4-14,5-15)19-9/h2-3,9,14-16H,4-5H2,1H3,(H,12,17,18)/t9-/m1/s1. The van der Waals surface area contributed by atoms with Crippen LogP contribution in [0.2, 0.25) is 0 Å². The van der Waals surface area contributed by atoms with Gasteiger partial charge < -0.3 is 20.1 Å². The Bertz CT molecular complexity index is 625. The van der Waals surface area contributed by atoms with E-state index in [1.54, 1.807) is 0 Å². The fraction of sp³-hybridized carbons (Fsp3) is 0.455. The number of aromatic amines is 1. The highest BCUT2D eigenvalue weighted by atomic mass is 16.6. The maximum Gasteiger partial charge on any atom is 0.330 e. The minimum Gasteiger partial charge on any atom is -0.508 e. The van der Waals surface area contributed by atoms with Crippen LogP contribution >= 0.6 is 0 Å². The maximum atomic E-state index is 11.7. The second kappa shape index (κ2) is 4.65. The van der Waals surface area contributed by atoms with Crippen molar-refractivity contribution in [3.8, 4) is 0 Å². The Hall–Kier alpha value is -1.90. The molecule has 1 aromatic rings. The van der Waals surface area contributed by atoms with Gasteiger partial charge in [-0.15, -0.1) is 0 Å². The molecule has 0 radical (unpaired) electrons. The monoisotopic (exact) mass is 270 g/mol. The zero-order valence-corrected chi connectivity index (χ0v) is 10.2. The molecule has 1 aliphatic heterocycles. The molecule has 0 unspecified atom stereocenters. The van der Waals surface area contributed by atoms with Crippen molar-refractivity contribution in [3.05, 3.63) is 44.4 Å². The number of hydrogen-bond donors (Lipinski definition) is 4. The molecule has 0 saturated carbocycles. The summed E-state index contributed by atoms with van der Waals surface area (Å²) < 4.78 is 6.30. The van der Waals surface area contributed by atoms with Crippen LogP contribution in [-0.2, 0) is 4.74 Å². The minimum absolute atomic E-state index is 0.265. The molecule has 2 rings (SSSR count). The number of hydrogen-bond acceptors (Lipinski definition) is 6. The lowest BCUT2D eigenvalue weighted by molar-refractivity contribution is -0.115. The number of aliphatic hydroxyl groups is 3. The lowest BCUT2D eigenvalue weighted by atomic mass is 10.1. The predicted molar refractivity (Wildman–Crippen MR) is 63.8 cm³/mol. The van der Waals surface area contributed by atoms with Gasteiger partial charge in [0.1, 0.15) is 11.4 Å². The van der Waals surface area contributed by atoms with E-state index in [9.17, 15) is 24.9 Å². The lowest BCUT2D eigenvalue weighted by Gasteiger charge is -2.24. The number of nitrogens with zero attached hydrogens (tertiary/aromatic N) is 1. The average molecular weight is 270 g/mol. The van der Waals surface area contributed by atoms with Crippen LogP contribution in [0.5, 0.6) is 0 Å². The summed E-state index contributed by atoms with van der Waals surface area (Å²) in [6, 6.07) is 0. The van der Waals surface area contributed by atoms with Crippen molar-refractivity contribution in [1.29, 1.82) is 0 Å². The third-order valence-electron chi connectivity index (χ3n) is 2.94. The zero-order chi connectivity index (χ0) is 14.2. The van der Waals surface area contributed by atoms with Crippen molar-refractivity contribution in [2.75, 3.05) is 13.2 Å². The Kier molecular flexibility index (Phi) is 3.31. The summed E-state index contributed by atoms with van der Waals surface area (Å²) in [5.74, 6) is -0.323. The Balaban J connectivity index is 2.46. The molecule has 0 bridgehead atoms. The van der Waals surface area contributed by atoms with Gasteiger partial charge in [0.2, 0.25) is 0 Å². The van der Waals surface area contributed by atoms with E-state index in [2.05, 4.69) is 4.98 Å². The number of aromatic nitrogens is 2. The molecule has 19 heavy (non-hydrogen) atoms. The summed E-state index contributed by atoms with van der Waals surface area (Å²) in [6.45, 7) is 0.387. The number of aliphatic hydroxyl groups excluding tert-OH is 3. The molecule has 4 N–H and O–H groups in total. The van der Waals surface area contributed by atoms with Gasteiger partial charge >= 0.3 is 5.69 Å². The zero-order valence-electron chi connectivity index (χ0n) is 10.2. The topological polar surface area (TPSA) is 125 Å². The van der Waals surface area contributed by atoms with Crippen molar-refractivity contribution in [2.45, 2.75) is 18.8 Å². The van der Waals surface area contributed by atoms with Crippen LogP contribution in [-0.4, -0.2) is 43.7 Å². The Morgan fingerprint density at radius 3 is 2.58 bits per heavy atom. The van der Waals surface area contributed by atoms with Gasteiger partial charge in [-0.1, -0.05) is 0 Å². The van der Waals surface area contributed by atoms with Gasteiger partial charge in [0, 0.05) is 11.8 Å². The Labute approximate surface area is 107 Å². The highest BCUT2D eigenvalue weighted by Gasteiger charge is 2.41. The largest absolute Gasteiger partial charge is 0.508 e. The summed E-state index contributed by atoms with van der Waals surface area (Å²) >= 11 is 0. The molecule has 0 amide bonds. The first-order valence-corrected chi connectivity index (χ1v) is 5.56. The number of aryl methyl sites for hydroxylation is 1. The van der Waals surface area contributed by atoms with Crippen LogP contribution in [0, 0.1) is 6.92 Å². The van der Waals surface area contributed by atoms with Crippen molar-refractivity contribution >= 4 is 0 Å². The molecule has 0 aromatic carbocycles. The molecule has 104 valence electrons. The number of ether oxygens (including phenoxy) is 1. The maximum absolute atomic E-state index is 11.7. The second-order valence-corrected chi connectivity index (χ2v) is 4.40. The first kappa shape index (κ1) is 13.5. The lowest BCUT2D eigenvalue weighted by Crippen LogP contribution is -2.40. The molecule has 2 heterocycles. The number of rotatable bonds is 3. The van der Waals surface area contributed by atoms with E-state index in [0.29, 0.717) is 0 Å². The van der Waals surface area contributed by atoms with Crippen molar-refractivity contribution in [1.82, 2.24) is 9.55 Å². The van der Waals surface area contributed by atoms with Crippen LogP contribution < -0.4 is 11.2 Å². The van der Waals surface area contributed by atoms with Crippen LogP contribution in [0.15, 0.2) is 27.6 Å². The Morgan fingerprint density at radius 2 is 2.05 bits per heavy atom. The van der Waals surface area contributed by atoms with E-state index in [1.807, 2.05) is 0 Å². The molecule has 0 aliphatic carbocycles. The van der Waals surface area contributed by atoms with Gasteiger partial charge in [-0.2, -0.15) is 0 Å². The van der Waals surface area contributed by atoms with Crippen LogP contribution in [0.1, 0.15) is 11.8 Å². The minimum atomic E-state index is -1.45. The van der Waals surface area contributed by atoms with E-state index < -0.39 is 36.3 Å². The molecule has 8 heteroatoms. The van der Waals surface area contributed by atoms with Gasteiger partial charge in [0.25, 0.3) is 5.56 Å². The molecule has 0 spiro atoms. The average Bonchev–Trinajstić information content (AvgIpc) is 2.72. The summed E-state index contributed by atoms with van der Waals surface area (Å²) in [5.41, 5.74) is -2.47. The highest BCUT2D eigenvalue weighted by Crippen LogP contribution is 2.32.